The SMILES string of the molecule is c1ccc(-n2c3ccccc3c3cc(-c4c5ccccc5c(-c5cccc6oc7c8ccccc8ccc7c56)c5ccccc45)ccc32)cc1. The van der Waals surface area contributed by atoms with Gasteiger partial charge in [0.1, 0.15) is 11.2 Å². The van der Waals surface area contributed by atoms with Crippen LogP contribution in [0.2, 0.25) is 0 Å². The largest absolute Gasteiger partial charge is 0.455 e. The second-order valence-electron chi connectivity index (χ2n) is 13.2. The lowest BCUT2D eigenvalue weighted by Gasteiger charge is -2.18. The highest BCUT2D eigenvalue weighted by Gasteiger charge is 2.21. The molecule has 0 aliphatic carbocycles. The molecule has 0 aliphatic heterocycles. The Kier molecular flexibility index (Phi) is 5.70. The van der Waals surface area contributed by atoms with Crippen molar-refractivity contribution < 1.29 is 4.42 Å². The molecule has 232 valence electrons. The summed E-state index contributed by atoms with van der Waals surface area (Å²) in [4.78, 5) is 0. The quantitative estimate of drug-likeness (QED) is 0.177. The first kappa shape index (κ1) is 27.3. The van der Waals surface area contributed by atoms with Crippen LogP contribution in [0.4, 0.5) is 0 Å². The van der Waals surface area contributed by atoms with Crippen molar-refractivity contribution in [2.45, 2.75) is 0 Å². The second-order valence-corrected chi connectivity index (χ2v) is 13.2. The van der Waals surface area contributed by atoms with Crippen molar-refractivity contribution in [3.05, 3.63) is 176 Å². The van der Waals surface area contributed by atoms with Gasteiger partial charge in [-0.15, -0.1) is 0 Å². The number of nitrogens with zero attached hydrogens (tertiary/aromatic N) is 1. The molecular weight excluding hydrogens is 607 g/mol. The number of hydrogen-bond donors (Lipinski definition) is 0. The predicted octanol–water partition coefficient (Wildman–Crippen LogP) is 13.5. The molecule has 0 aliphatic rings. The van der Waals surface area contributed by atoms with Crippen LogP contribution in [0, 0.1) is 0 Å². The van der Waals surface area contributed by atoms with Gasteiger partial charge in [0.15, 0.2) is 0 Å². The molecule has 0 saturated heterocycles. The molecule has 0 amide bonds. The monoisotopic (exact) mass is 635 g/mol. The van der Waals surface area contributed by atoms with Crippen LogP contribution in [-0.2, 0) is 0 Å². The van der Waals surface area contributed by atoms with E-state index in [1.165, 1.54) is 76.7 Å². The summed E-state index contributed by atoms with van der Waals surface area (Å²) in [6.07, 6.45) is 0. The Labute approximate surface area is 288 Å². The Bertz CT molecular complexity index is 3090. The lowest BCUT2D eigenvalue weighted by Crippen LogP contribution is -1.93. The first-order chi connectivity index (χ1) is 24.8. The third-order valence-corrected chi connectivity index (χ3v) is 10.6. The normalized spacial score (nSPS) is 12.0. The molecule has 0 fully saturated rings. The summed E-state index contributed by atoms with van der Waals surface area (Å²) >= 11 is 0. The minimum atomic E-state index is 0.909. The van der Waals surface area contributed by atoms with Crippen molar-refractivity contribution in [3.63, 3.8) is 0 Å². The van der Waals surface area contributed by atoms with E-state index in [2.05, 4.69) is 180 Å². The maximum absolute atomic E-state index is 6.65. The number of furan rings is 1. The fraction of sp³-hybridized carbons (Fsp3) is 0. The van der Waals surface area contributed by atoms with E-state index in [-0.39, 0.29) is 0 Å². The van der Waals surface area contributed by atoms with E-state index in [4.69, 9.17) is 4.42 Å². The average molecular weight is 636 g/mol. The summed E-state index contributed by atoms with van der Waals surface area (Å²) in [7, 11) is 0. The van der Waals surface area contributed by atoms with Crippen molar-refractivity contribution in [1.29, 1.82) is 0 Å². The number of aromatic nitrogens is 1. The van der Waals surface area contributed by atoms with Gasteiger partial charge in [-0.2, -0.15) is 0 Å². The predicted molar refractivity (Wildman–Crippen MR) is 211 cm³/mol. The van der Waals surface area contributed by atoms with Crippen LogP contribution >= 0.6 is 0 Å². The lowest BCUT2D eigenvalue weighted by molar-refractivity contribution is 0.673. The Morgan fingerprint density at radius 3 is 1.76 bits per heavy atom. The lowest BCUT2D eigenvalue weighted by atomic mass is 9.84. The molecule has 2 aromatic heterocycles. The van der Waals surface area contributed by atoms with Crippen molar-refractivity contribution in [3.8, 4) is 27.9 Å². The molecule has 0 bridgehead atoms. The molecule has 2 heteroatoms. The highest BCUT2D eigenvalue weighted by Crippen LogP contribution is 2.48. The van der Waals surface area contributed by atoms with Gasteiger partial charge in [0.2, 0.25) is 0 Å². The average Bonchev–Trinajstić information content (AvgIpc) is 3.73. The van der Waals surface area contributed by atoms with Crippen LogP contribution in [0.5, 0.6) is 0 Å². The summed E-state index contributed by atoms with van der Waals surface area (Å²) in [6.45, 7) is 0. The summed E-state index contributed by atoms with van der Waals surface area (Å²) in [5, 5.41) is 12.1. The molecule has 0 spiro atoms. The van der Waals surface area contributed by atoms with E-state index in [0.717, 1.165) is 27.3 Å². The number of benzene rings is 9. The second kappa shape index (κ2) is 10.4. The third-order valence-electron chi connectivity index (χ3n) is 10.6. The van der Waals surface area contributed by atoms with Crippen molar-refractivity contribution >= 4 is 76.1 Å². The van der Waals surface area contributed by atoms with Gasteiger partial charge in [-0.25, -0.2) is 0 Å². The molecule has 0 radical (unpaired) electrons. The smallest absolute Gasteiger partial charge is 0.143 e. The number of hydrogen-bond acceptors (Lipinski definition) is 1. The standard InChI is InChI=1S/C48H29NO/c1-2-14-32(15-3-1)49-42-23-11-10-17-34(42)41-29-31(26-28-43(41)49)45-35-18-6-8-20-37(35)46(38-21-9-7-19-36(38)45)39-22-12-24-44-47(39)40-27-25-30-13-4-5-16-33(30)48(40)50-44/h1-29H. The van der Waals surface area contributed by atoms with E-state index >= 15 is 0 Å². The molecule has 2 nitrogen and oxygen atoms in total. The third kappa shape index (κ3) is 3.79. The van der Waals surface area contributed by atoms with Gasteiger partial charge in [0.05, 0.1) is 11.0 Å². The molecule has 11 aromatic rings. The topological polar surface area (TPSA) is 18.1 Å². The van der Waals surface area contributed by atoms with Crippen molar-refractivity contribution in [2.24, 2.45) is 0 Å². The molecule has 0 N–H and O–H groups in total. The number of rotatable bonds is 3. The van der Waals surface area contributed by atoms with E-state index in [1.54, 1.807) is 0 Å². The molecule has 11 rings (SSSR count). The van der Waals surface area contributed by atoms with Gasteiger partial charge in [-0.1, -0.05) is 133 Å². The van der Waals surface area contributed by atoms with E-state index < -0.39 is 0 Å². The van der Waals surface area contributed by atoms with Crippen LogP contribution in [-0.4, -0.2) is 4.57 Å². The summed E-state index contributed by atoms with van der Waals surface area (Å²) < 4.78 is 9.03. The number of fused-ring (bicyclic) bond motifs is 10. The maximum Gasteiger partial charge on any atom is 0.143 e. The number of para-hydroxylation sites is 2. The van der Waals surface area contributed by atoms with E-state index in [1.807, 2.05) is 0 Å². The van der Waals surface area contributed by atoms with Gasteiger partial charge < -0.3 is 8.98 Å². The van der Waals surface area contributed by atoms with Gasteiger partial charge in [-0.3, -0.25) is 0 Å². The van der Waals surface area contributed by atoms with E-state index in [9.17, 15) is 0 Å². The van der Waals surface area contributed by atoms with Crippen LogP contribution < -0.4 is 0 Å². The fourth-order valence-electron chi connectivity index (χ4n) is 8.48. The zero-order chi connectivity index (χ0) is 32.8. The zero-order valence-electron chi connectivity index (χ0n) is 27.1. The molecule has 50 heavy (non-hydrogen) atoms. The summed E-state index contributed by atoms with van der Waals surface area (Å²) in [6, 6.07) is 63.7. The van der Waals surface area contributed by atoms with Crippen molar-refractivity contribution in [1.82, 2.24) is 4.57 Å². The van der Waals surface area contributed by atoms with Gasteiger partial charge in [0.25, 0.3) is 0 Å². The first-order valence-electron chi connectivity index (χ1n) is 17.2. The molecule has 0 unspecified atom stereocenters. The van der Waals surface area contributed by atoms with Crippen molar-refractivity contribution in [2.75, 3.05) is 0 Å². The minimum absolute atomic E-state index is 0.909. The Morgan fingerprint density at radius 1 is 0.380 bits per heavy atom. The Hall–Kier alpha value is -6.64. The fourth-order valence-corrected chi connectivity index (χ4v) is 8.48. The first-order valence-corrected chi connectivity index (χ1v) is 17.2. The highest BCUT2D eigenvalue weighted by atomic mass is 16.3. The van der Waals surface area contributed by atoms with Crippen LogP contribution in [0.25, 0.3) is 104 Å². The molecule has 0 atom stereocenters. The molecule has 9 aromatic carbocycles. The minimum Gasteiger partial charge on any atom is -0.455 e. The van der Waals surface area contributed by atoms with Gasteiger partial charge in [-0.05, 0) is 91.6 Å². The van der Waals surface area contributed by atoms with Gasteiger partial charge >= 0.3 is 0 Å². The van der Waals surface area contributed by atoms with Crippen LogP contribution in [0.1, 0.15) is 0 Å². The summed E-state index contributed by atoms with van der Waals surface area (Å²) in [5.74, 6) is 0. The van der Waals surface area contributed by atoms with Crippen LogP contribution in [0.15, 0.2) is 180 Å². The van der Waals surface area contributed by atoms with E-state index in [0.29, 0.717) is 0 Å². The molecular formula is C48H29NO. The summed E-state index contributed by atoms with van der Waals surface area (Å²) in [5.41, 5.74) is 10.3. The highest BCUT2D eigenvalue weighted by molar-refractivity contribution is 6.27. The van der Waals surface area contributed by atoms with Crippen LogP contribution in [0.3, 0.4) is 0 Å². The zero-order valence-corrected chi connectivity index (χ0v) is 27.1. The van der Waals surface area contributed by atoms with Gasteiger partial charge in [0, 0.05) is 32.6 Å². The Balaban J connectivity index is 1.23. The maximum atomic E-state index is 6.65. The molecule has 0 saturated carbocycles. The molecule has 2 heterocycles. The Morgan fingerprint density at radius 2 is 1.00 bits per heavy atom.